The zero-order chi connectivity index (χ0) is 4.12. The summed E-state index contributed by atoms with van der Waals surface area (Å²) in [7, 11) is 0. The second-order valence-corrected chi connectivity index (χ2v) is 0.978. The highest BCUT2D eigenvalue weighted by molar-refractivity contribution is 7.96. The molecule has 5 heavy (non-hydrogen) atoms. The second kappa shape index (κ2) is 3.75. The van der Waals surface area contributed by atoms with Crippen molar-refractivity contribution in [3.63, 3.8) is 0 Å². The molecule has 0 aromatic rings. The Hall–Kier alpha value is -0.250. The lowest BCUT2D eigenvalue weighted by Gasteiger charge is -1.75. The van der Waals surface area contributed by atoms with Gasteiger partial charge in [0.15, 0.2) is 0 Å². The Labute approximate surface area is 34.2 Å². The summed E-state index contributed by atoms with van der Waals surface area (Å²) >= 11 is 1.17. The molecule has 0 fully saturated rings. The van der Waals surface area contributed by atoms with E-state index in [0.717, 1.165) is 0 Å². The molecule has 0 rings (SSSR count). The summed E-state index contributed by atoms with van der Waals surface area (Å²) in [6.07, 6.45) is 1.72. The van der Waals surface area contributed by atoms with E-state index in [0.29, 0.717) is 0 Å². The summed E-state index contributed by atoms with van der Waals surface area (Å²) in [4.78, 5) is 11.1. The molecule has 0 radical (unpaired) electrons. The van der Waals surface area contributed by atoms with Crippen molar-refractivity contribution in [2.75, 3.05) is 6.26 Å². The number of rotatable bonds is 2. The predicted molar refractivity (Wildman–Crippen MR) is 22.4 cm³/mol. The fourth-order valence-electron chi connectivity index (χ4n) is 0.0373. The van der Waals surface area contributed by atoms with E-state index in [2.05, 4.69) is 10.1 Å². The maximum atomic E-state index is 9.02. The van der Waals surface area contributed by atoms with E-state index < -0.39 is 0 Å². The van der Waals surface area contributed by atoms with Crippen LogP contribution < -0.4 is 4.83 Å². The van der Waals surface area contributed by atoms with Crippen molar-refractivity contribution in [1.82, 2.24) is 4.83 Å². The van der Waals surface area contributed by atoms with Crippen molar-refractivity contribution >= 4 is 11.9 Å². The molecule has 0 aromatic carbocycles. The Morgan fingerprint density at radius 3 is 2.60 bits per heavy atom. The monoisotopic (exact) mass is 92.0 g/mol. The van der Waals surface area contributed by atoms with Gasteiger partial charge in [0.05, 0.1) is 5.29 Å². The average molecular weight is 92.1 g/mol. The van der Waals surface area contributed by atoms with Gasteiger partial charge >= 0.3 is 0 Å². The maximum Gasteiger partial charge on any atom is 0.0607 e. The van der Waals surface area contributed by atoms with Crippen molar-refractivity contribution in [2.45, 2.75) is 0 Å². The molecule has 0 atom stereocenters. The number of hydrogen-bond acceptors (Lipinski definition) is 3. The van der Waals surface area contributed by atoms with Crippen molar-refractivity contribution in [1.29, 1.82) is 0 Å². The van der Waals surface area contributed by atoms with Gasteiger partial charge in [-0.05, 0) is 11.9 Å². The molecule has 0 aliphatic carbocycles. The SMILES string of the molecule is CSNN=O. The standard InChI is InChI=1S/CH4N2OS/c1-5-3-2-4/h1H3,(H,3,4). The van der Waals surface area contributed by atoms with Gasteiger partial charge in [-0.3, -0.25) is 0 Å². The van der Waals surface area contributed by atoms with Gasteiger partial charge in [0.25, 0.3) is 0 Å². The summed E-state index contributed by atoms with van der Waals surface area (Å²) in [5.41, 5.74) is 0. The van der Waals surface area contributed by atoms with Gasteiger partial charge in [-0.25, -0.2) is 4.83 Å². The Balaban J connectivity index is 2.40. The fourth-order valence-corrected chi connectivity index (χ4v) is 0.112. The minimum Gasteiger partial charge on any atom is -0.216 e. The van der Waals surface area contributed by atoms with Gasteiger partial charge in [0, 0.05) is 6.26 Å². The van der Waals surface area contributed by atoms with Gasteiger partial charge in [0.2, 0.25) is 0 Å². The van der Waals surface area contributed by atoms with Crippen LogP contribution in [0.25, 0.3) is 0 Å². The quantitative estimate of drug-likeness (QED) is 0.307. The van der Waals surface area contributed by atoms with Crippen LogP contribution >= 0.6 is 11.9 Å². The van der Waals surface area contributed by atoms with E-state index in [-0.39, 0.29) is 0 Å². The fraction of sp³-hybridized carbons (Fsp3) is 1.00. The zero-order valence-corrected chi connectivity index (χ0v) is 3.58. The lowest BCUT2D eigenvalue weighted by atomic mass is 12.0. The predicted octanol–water partition coefficient (Wildman–Crippen LogP) is 0.535. The molecule has 4 heteroatoms. The minimum absolute atomic E-state index is 1.17. The van der Waals surface area contributed by atoms with E-state index in [1.54, 1.807) is 6.26 Å². The Morgan fingerprint density at radius 2 is 2.60 bits per heavy atom. The highest BCUT2D eigenvalue weighted by Gasteiger charge is 1.59. The Bertz CT molecular complexity index is 30.8. The molecule has 0 saturated heterocycles. The smallest absolute Gasteiger partial charge is 0.0607 e. The van der Waals surface area contributed by atoms with Crippen LogP contribution in [-0.4, -0.2) is 6.26 Å². The first-order chi connectivity index (χ1) is 2.41. The lowest BCUT2D eigenvalue weighted by molar-refractivity contribution is 1.10. The third-order valence-corrected chi connectivity index (χ3v) is 0.386. The molecule has 0 aliphatic heterocycles. The number of hydrogen-bond donors (Lipinski definition) is 1. The van der Waals surface area contributed by atoms with Crippen LogP contribution in [0.4, 0.5) is 0 Å². The zero-order valence-electron chi connectivity index (χ0n) is 2.76. The molecule has 0 aliphatic rings. The van der Waals surface area contributed by atoms with Crippen LogP contribution in [-0.2, 0) is 0 Å². The molecule has 0 amide bonds. The number of nitrogens with zero attached hydrogens (tertiary/aromatic N) is 1. The lowest BCUT2D eigenvalue weighted by Crippen LogP contribution is -1.82. The summed E-state index contributed by atoms with van der Waals surface area (Å²) in [6, 6.07) is 0. The molecule has 0 heterocycles. The number of nitrogens with one attached hydrogen (secondary N) is 1. The van der Waals surface area contributed by atoms with Crippen LogP contribution in [0.1, 0.15) is 0 Å². The normalized spacial score (nSPS) is 6.60. The molecule has 0 aromatic heterocycles. The van der Waals surface area contributed by atoms with E-state index in [4.69, 9.17) is 4.91 Å². The molecular weight excluding hydrogens is 88.1 g/mol. The van der Waals surface area contributed by atoms with Crippen molar-refractivity contribution in [2.24, 2.45) is 5.29 Å². The third-order valence-electron chi connectivity index (χ3n) is 0.129. The number of nitroso groups, excluding NO2 is 1. The molecular formula is CH4N2OS. The average Bonchev–Trinajstić information content (AvgIpc) is 1.41. The molecule has 0 unspecified atom stereocenters. The van der Waals surface area contributed by atoms with E-state index in [1.165, 1.54) is 11.9 Å². The van der Waals surface area contributed by atoms with Gasteiger partial charge < -0.3 is 0 Å². The largest absolute Gasteiger partial charge is 0.216 e. The molecule has 0 bridgehead atoms. The van der Waals surface area contributed by atoms with Crippen molar-refractivity contribution < 1.29 is 0 Å². The summed E-state index contributed by atoms with van der Waals surface area (Å²) in [5.74, 6) is 0. The van der Waals surface area contributed by atoms with Crippen LogP contribution in [0.3, 0.4) is 0 Å². The molecule has 0 spiro atoms. The Kier molecular flexibility index (Phi) is 3.56. The van der Waals surface area contributed by atoms with Gasteiger partial charge in [-0.2, -0.15) is 0 Å². The maximum absolute atomic E-state index is 9.02. The molecule has 1 N–H and O–H groups in total. The minimum atomic E-state index is 1.17. The van der Waals surface area contributed by atoms with E-state index >= 15 is 0 Å². The second-order valence-electron chi connectivity index (χ2n) is 0.387. The van der Waals surface area contributed by atoms with E-state index in [1.807, 2.05) is 0 Å². The third kappa shape index (κ3) is 3.75. The first kappa shape index (κ1) is 4.75. The van der Waals surface area contributed by atoms with Gasteiger partial charge in [-0.15, -0.1) is 4.91 Å². The topological polar surface area (TPSA) is 41.5 Å². The highest BCUT2D eigenvalue weighted by Crippen LogP contribution is 1.76. The van der Waals surface area contributed by atoms with Crippen molar-refractivity contribution in [3.05, 3.63) is 4.91 Å². The van der Waals surface area contributed by atoms with Crippen LogP contribution in [0.5, 0.6) is 0 Å². The van der Waals surface area contributed by atoms with Crippen LogP contribution in [0.2, 0.25) is 0 Å². The van der Waals surface area contributed by atoms with E-state index in [9.17, 15) is 0 Å². The van der Waals surface area contributed by atoms with Crippen LogP contribution in [0.15, 0.2) is 5.29 Å². The first-order valence-corrected chi connectivity index (χ1v) is 2.24. The first-order valence-electron chi connectivity index (χ1n) is 1.02. The molecule has 0 saturated carbocycles. The highest BCUT2D eigenvalue weighted by atomic mass is 32.2. The molecule has 30 valence electrons. The summed E-state index contributed by atoms with van der Waals surface area (Å²) in [6.45, 7) is 0. The summed E-state index contributed by atoms with van der Waals surface area (Å²) in [5, 5.41) is 2.32. The van der Waals surface area contributed by atoms with Gasteiger partial charge in [-0.1, -0.05) is 0 Å². The summed E-state index contributed by atoms with van der Waals surface area (Å²) < 4.78 is 0. The Morgan fingerprint density at radius 1 is 2.00 bits per heavy atom. The molecule has 3 nitrogen and oxygen atoms in total. The van der Waals surface area contributed by atoms with Gasteiger partial charge in [0.1, 0.15) is 0 Å². The van der Waals surface area contributed by atoms with Crippen molar-refractivity contribution in [3.8, 4) is 0 Å². The van der Waals surface area contributed by atoms with Crippen LogP contribution in [0, 0.1) is 4.91 Å².